The fourth-order valence-electron chi connectivity index (χ4n) is 1.36. The largest absolute Gasteiger partial charge is 0.354 e. The molecule has 0 radical (unpaired) electrons. The van der Waals surface area contributed by atoms with E-state index >= 15 is 0 Å². The van der Waals surface area contributed by atoms with Gasteiger partial charge < -0.3 is 5.31 Å². The van der Waals surface area contributed by atoms with Crippen LogP contribution in [0.15, 0.2) is 48.5 Å². The molecule has 0 fully saturated rings. The van der Waals surface area contributed by atoms with E-state index in [1.807, 2.05) is 0 Å². The third-order valence-electron chi connectivity index (χ3n) is 2.16. The van der Waals surface area contributed by atoms with E-state index < -0.39 is 0 Å². The first kappa shape index (κ1) is 9.43. The van der Waals surface area contributed by atoms with Crippen LogP contribution in [0.25, 0.3) is 0 Å². The SMILES string of the molecule is [2H]N(c1ccccc1Cl)c1ccccc1C=O. The maximum absolute atomic E-state index is 10.9. The maximum atomic E-state index is 10.9. The molecular weight excluding hydrogens is 222 g/mol. The number of aldehydes is 1. The standard InChI is InChI=1S/C13H10ClNO/c14-11-6-2-4-8-13(11)15-12-7-3-1-5-10(12)9-16/h1-9,15H/i/hD. The lowest BCUT2D eigenvalue weighted by molar-refractivity contribution is 0.112. The number of hydrogen-bond acceptors (Lipinski definition) is 2. The molecule has 2 aromatic rings. The fraction of sp³-hybridized carbons (Fsp3) is 0. The molecule has 80 valence electrons. The molecule has 0 aliphatic heterocycles. The Hall–Kier alpha value is -1.80. The molecule has 1 N–H and O–H groups in total. The van der Waals surface area contributed by atoms with E-state index in [0.717, 1.165) is 11.6 Å². The van der Waals surface area contributed by atoms with Crippen LogP contribution in [-0.4, -0.2) is 6.29 Å². The molecule has 0 spiro atoms. The van der Waals surface area contributed by atoms with Gasteiger partial charge in [0.05, 0.1) is 10.7 Å². The number of hydrogen-bond donors (Lipinski definition) is 1. The topological polar surface area (TPSA) is 29.1 Å². The molecule has 0 saturated heterocycles. The van der Waals surface area contributed by atoms with Gasteiger partial charge in [-0.2, -0.15) is 0 Å². The van der Waals surface area contributed by atoms with Crippen LogP contribution in [0.4, 0.5) is 11.4 Å². The predicted molar refractivity (Wildman–Crippen MR) is 66.6 cm³/mol. The highest BCUT2D eigenvalue weighted by Gasteiger charge is 2.02. The van der Waals surface area contributed by atoms with Crippen LogP contribution in [-0.2, 0) is 0 Å². The lowest BCUT2D eigenvalue weighted by Gasteiger charge is -2.09. The summed E-state index contributed by atoms with van der Waals surface area (Å²) in [5, 5.41) is 1.63. The molecule has 0 aliphatic carbocycles. The Morgan fingerprint density at radius 1 is 1.06 bits per heavy atom. The van der Waals surface area contributed by atoms with Crippen molar-refractivity contribution in [3.05, 3.63) is 59.1 Å². The van der Waals surface area contributed by atoms with Gasteiger partial charge in [-0.05, 0) is 24.3 Å². The Bertz CT molecular complexity index is 544. The van der Waals surface area contributed by atoms with Crippen molar-refractivity contribution in [1.29, 1.82) is 0 Å². The van der Waals surface area contributed by atoms with Gasteiger partial charge in [0.1, 0.15) is 0 Å². The van der Waals surface area contributed by atoms with E-state index in [1.54, 1.807) is 48.5 Å². The number of nitrogens with one attached hydrogen (secondary N) is 1. The number of para-hydroxylation sites is 2. The Kier molecular flexibility index (Phi) is 2.84. The molecule has 16 heavy (non-hydrogen) atoms. The van der Waals surface area contributed by atoms with Crippen LogP contribution in [0.1, 0.15) is 10.4 Å². The van der Waals surface area contributed by atoms with Crippen molar-refractivity contribution >= 4 is 29.3 Å². The molecule has 0 unspecified atom stereocenters. The summed E-state index contributed by atoms with van der Waals surface area (Å²) in [6.45, 7) is 0. The highest BCUT2D eigenvalue weighted by atomic mass is 35.5. The molecule has 0 atom stereocenters. The molecule has 3 heteroatoms. The van der Waals surface area contributed by atoms with E-state index in [0.29, 0.717) is 22.0 Å². The first-order chi connectivity index (χ1) is 8.24. The second-order valence-electron chi connectivity index (χ2n) is 3.24. The van der Waals surface area contributed by atoms with Crippen molar-refractivity contribution in [2.75, 3.05) is 5.31 Å². The van der Waals surface area contributed by atoms with Gasteiger partial charge >= 0.3 is 0 Å². The van der Waals surface area contributed by atoms with Gasteiger partial charge in [0.2, 0.25) is 0 Å². The Labute approximate surface area is 100 Å². The van der Waals surface area contributed by atoms with Gasteiger partial charge in [-0.25, -0.2) is 0 Å². The van der Waals surface area contributed by atoms with Crippen molar-refractivity contribution < 1.29 is 6.21 Å². The number of halogens is 1. The van der Waals surface area contributed by atoms with E-state index in [1.165, 1.54) is 0 Å². The normalized spacial score (nSPS) is 10.7. The van der Waals surface area contributed by atoms with Crippen molar-refractivity contribution in [2.24, 2.45) is 0 Å². The van der Waals surface area contributed by atoms with Crippen molar-refractivity contribution in [1.82, 2.24) is 0 Å². The second-order valence-corrected chi connectivity index (χ2v) is 3.65. The number of carbonyl (C=O) groups is 1. The molecule has 0 heterocycles. The lowest BCUT2D eigenvalue weighted by atomic mass is 10.2. The third-order valence-corrected chi connectivity index (χ3v) is 2.48. The summed E-state index contributed by atoms with van der Waals surface area (Å²) >= 11 is 6.01. The van der Waals surface area contributed by atoms with Crippen molar-refractivity contribution in [3.63, 3.8) is 0 Å². The minimum atomic E-state index is 0.461. The number of rotatable bonds is 3. The van der Waals surface area contributed by atoms with Crippen molar-refractivity contribution in [3.8, 4) is 0 Å². The highest BCUT2D eigenvalue weighted by molar-refractivity contribution is 6.33. The van der Waals surface area contributed by atoms with E-state index in [2.05, 4.69) is 0 Å². The summed E-state index contributed by atoms with van der Waals surface area (Å²) in [6, 6.07) is 14.0. The third kappa shape index (κ3) is 2.23. The summed E-state index contributed by atoms with van der Waals surface area (Å²) in [6.07, 6.45) is 0.730. The molecular formula is C13H10ClNO. The average molecular weight is 233 g/mol. The Morgan fingerprint density at radius 2 is 1.69 bits per heavy atom. The van der Waals surface area contributed by atoms with E-state index in [4.69, 9.17) is 13.0 Å². The highest BCUT2D eigenvalue weighted by Crippen LogP contribution is 2.26. The fourth-order valence-corrected chi connectivity index (χ4v) is 1.54. The number of benzene rings is 2. The summed E-state index contributed by atoms with van der Waals surface area (Å²) < 4.78 is 8.03. The molecule has 2 nitrogen and oxygen atoms in total. The van der Waals surface area contributed by atoms with E-state index in [9.17, 15) is 4.79 Å². The molecule has 0 bridgehead atoms. The van der Waals surface area contributed by atoms with E-state index in [-0.39, 0.29) is 0 Å². The number of carbonyl (C=O) groups excluding carboxylic acids is 1. The molecule has 2 aromatic carbocycles. The van der Waals surface area contributed by atoms with Crippen molar-refractivity contribution in [2.45, 2.75) is 0 Å². The summed E-state index contributed by atoms with van der Waals surface area (Å²) in [5.74, 6) is 0. The van der Waals surface area contributed by atoms with Crippen LogP contribution in [0.2, 0.25) is 6.43 Å². The minimum Gasteiger partial charge on any atom is -0.354 e. The Morgan fingerprint density at radius 3 is 2.38 bits per heavy atom. The quantitative estimate of drug-likeness (QED) is 0.814. The van der Waals surface area contributed by atoms with Crippen LogP contribution in [0.3, 0.4) is 0 Å². The minimum absolute atomic E-state index is 0.461. The lowest BCUT2D eigenvalue weighted by Crippen LogP contribution is -1.95. The van der Waals surface area contributed by atoms with Crippen LogP contribution in [0.5, 0.6) is 0 Å². The molecule has 0 aromatic heterocycles. The average Bonchev–Trinajstić information content (AvgIpc) is 2.38. The molecule has 0 saturated carbocycles. The van der Waals surface area contributed by atoms with Crippen LogP contribution >= 0.6 is 11.6 Å². The summed E-state index contributed by atoms with van der Waals surface area (Å²) in [7, 11) is 0. The second kappa shape index (κ2) is 4.81. The van der Waals surface area contributed by atoms with Gasteiger partial charge in [-0.3, -0.25) is 4.79 Å². The summed E-state index contributed by atoms with van der Waals surface area (Å²) in [4.78, 5) is 10.9. The molecule has 0 aliphatic rings. The molecule has 2 rings (SSSR count). The van der Waals surface area contributed by atoms with Crippen LogP contribution < -0.4 is 5.31 Å². The smallest absolute Gasteiger partial charge is 0.167 e. The Balaban J connectivity index is 2.47. The van der Waals surface area contributed by atoms with Crippen LogP contribution in [0, 0.1) is 0 Å². The van der Waals surface area contributed by atoms with Gasteiger partial charge in [0.15, 0.2) is 7.70 Å². The summed E-state index contributed by atoms with van der Waals surface area (Å²) in [5.41, 5.74) is 1.52. The first-order valence-electron chi connectivity index (χ1n) is 5.26. The monoisotopic (exact) mass is 232 g/mol. The van der Waals surface area contributed by atoms with Gasteiger partial charge in [0.25, 0.3) is 0 Å². The zero-order valence-corrected chi connectivity index (χ0v) is 9.19. The van der Waals surface area contributed by atoms with Gasteiger partial charge in [-0.15, -0.1) is 0 Å². The number of anilines is 2. The predicted octanol–water partition coefficient (Wildman–Crippen LogP) is 3.90. The zero-order valence-electron chi connectivity index (χ0n) is 9.43. The zero-order chi connectivity index (χ0) is 12.3. The van der Waals surface area contributed by atoms with Gasteiger partial charge in [-0.1, -0.05) is 35.9 Å². The maximum Gasteiger partial charge on any atom is 0.167 e. The molecule has 0 amide bonds. The first-order valence-corrected chi connectivity index (χ1v) is 5.19. The van der Waals surface area contributed by atoms with Gasteiger partial charge in [0, 0.05) is 11.3 Å².